The van der Waals surface area contributed by atoms with Crippen LogP contribution in [0.5, 0.6) is 5.75 Å². The van der Waals surface area contributed by atoms with Crippen LogP contribution in [-0.2, 0) is 25.5 Å². The number of benzene rings is 1. The predicted molar refractivity (Wildman–Crippen MR) is 159 cm³/mol. The Bertz CT molecular complexity index is 1060. The SMILES string of the molecule is CC(C)(C)OC(=O)N[C@H](Cc1ccc(O)cc1)C(=O)N1CC2(C[C@H]1C(=O)NCCCCCCC(=O)NO)SCCS2. The second kappa shape index (κ2) is 15.0. The number of phenols is 1. The standard InChI is InChI=1S/C28H42N4O7S2/c1-27(2,3)39-26(37)30-21(16-19-9-11-20(33)12-10-19)25(36)32-18-28(40-14-15-41-28)17-22(32)24(35)29-13-7-5-4-6-8-23(34)31-38/h9-12,21-22,33,38H,4-8,13-18H2,1-3H3,(H,29,35)(H,30,37)(H,31,34)/t21-,22+/m1/s1. The van der Waals surface area contributed by atoms with Crippen molar-refractivity contribution < 1.29 is 34.2 Å². The highest BCUT2D eigenvalue weighted by Crippen LogP contribution is 2.52. The number of phenolic OH excluding ortho intramolecular Hbond substituents is 1. The molecule has 2 aliphatic heterocycles. The van der Waals surface area contributed by atoms with Crippen molar-refractivity contribution in [3.8, 4) is 5.75 Å². The summed E-state index contributed by atoms with van der Waals surface area (Å²) in [4.78, 5) is 52.9. The summed E-state index contributed by atoms with van der Waals surface area (Å²) in [6.07, 6.45) is 3.22. The van der Waals surface area contributed by atoms with Gasteiger partial charge in [0.2, 0.25) is 17.7 Å². The normalized spacial score (nSPS) is 18.6. The van der Waals surface area contributed by atoms with Gasteiger partial charge in [0.1, 0.15) is 23.4 Å². The first-order chi connectivity index (χ1) is 19.4. The second-order valence-corrected chi connectivity index (χ2v) is 14.6. The number of unbranched alkanes of at least 4 members (excludes halogenated alkanes) is 3. The van der Waals surface area contributed by atoms with Crippen LogP contribution in [0, 0.1) is 0 Å². The molecule has 5 N–H and O–H groups in total. The Morgan fingerprint density at radius 3 is 2.37 bits per heavy atom. The molecule has 4 amide bonds. The van der Waals surface area contributed by atoms with E-state index in [1.54, 1.807) is 66.8 Å². The summed E-state index contributed by atoms with van der Waals surface area (Å²) in [5.41, 5.74) is 1.61. The van der Waals surface area contributed by atoms with Crippen LogP contribution in [0.15, 0.2) is 24.3 Å². The van der Waals surface area contributed by atoms with Crippen LogP contribution >= 0.6 is 23.5 Å². The highest BCUT2D eigenvalue weighted by atomic mass is 32.2. The van der Waals surface area contributed by atoms with Crippen molar-refractivity contribution in [3.05, 3.63) is 29.8 Å². The minimum absolute atomic E-state index is 0.0980. The summed E-state index contributed by atoms with van der Waals surface area (Å²) in [7, 11) is 0. The fourth-order valence-corrected chi connectivity index (χ4v) is 8.13. The van der Waals surface area contributed by atoms with E-state index in [1.807, 2.05) is 0 Å². The summed E-state index contributed by atoms with van der Waals surface area (Å²) in [6.45, 7) is 6.08. The number of alkyl carbamates (subject to hydrolysis) is 1. The molecule has 0 aliphatic carbocycles. The van der Waals surface area contributed by atoms with Gasteiger partial charge in [0.15, 0.2) is 0 Å². The minimum Gasteiger partial charge on any atom is -0.508 e. The summed E-state index contributed by atoms with van der Waals surface area (Å²) >= 11 is 3.55. The first-order valence-electron chi connectivity index (χ1n) is 14.0. The Labute approximate surface area is 249 Å². The molecule has 2 heterocycles. The lowest BCUT2D eigenvalue weighted by Crippen LogP contribution is -2.55. The molecule has 3 rings (SSSR count). The van der Waals surface area contributed by atoms with Gasteiger partial charge in [-0.05, 0) is 51.3 Å². The maximum Gasteiger partial charge on any atom is 0.408 e. The zero-order chi connectivity index (χ0) is 30.0. The maximum absolute atomic E-state index is 14.1. The molecule has 2 aliphatic rings. The minimum atomic E-state index is -0.965. The molecule has 13 heteroatoms. The van der Waals surface area contributed by atoms with Gasteiger partial charge in [0.05, 0.1) is 4.08 Å². The largest absolute Gasteiger partial charge is 0.508 e. The van der Waals surface area contributed by atoms with Crippen molar-refractivity contribution in [2.75, 3.05) is 24.6 Å². The zero-order valence-corrected chi connectivity index (χ0v) is 25.6. The number of aromatic hydroxyl groups is 1. The number of hydrogen-bond donors (Lipinski definition) is 5. The van der Waals surface area contributed by atoms with E-state index < -0.39 is 29.7 Å². The number of thioether (sulfide) groups is 2. The summed E-state index contributed by atoms with van der Waals surface area (Å²) in [5.74, 6) is 1.01. The molecule has 2 fully saturated rings. The Balaban J connectivity index is 1.69. The molecule has 41 heavy (non-hydrogen) atoms. The molecule has 0 unspecified atom stereocenters. The van der Waals surface area contributed by atoms with Crippen LogP contribution < -0.4 is 16.1 Å². The zero-order valence-electron chi connectivity index (χ0n) is 23.9. The van der Waals surface area contributed by atoms with E-state index in [0.29, 0.717) is 25.9 Å². The number of nitrogens with one attached hydrogen (secondary N) is 3. The molecule has 1 spiro atoms. The molecular weight excluding hydrogens is 568 g/mol. The first-order valence-corrected chi connectivity index (χ1v) is 15.9. The summed E-state index contributed by atoms with van der Waals surface area (Å²) in [5, 5.41) is 24.0. The van der Waals surface area contributed by atoms with Crippen molar-refractivity contribution in [3.63, 3.8) is 0 Å². The number of amides is 4. The van der Waals surface area contributed by atoms with E-state index in [2.05, 4.69) is 10.6 Å². The lowest BCUT2D eigenvalue weighted by molar-refractivity contribution is -0.140. The lowest BCUT2D eigenvalue weighted by Gasteiger charge is -2.30. The third kappa shape index (κ3) is 10.3. The van der Waals surface area contributed by atoms with Gasteiger partial charge in [-0.1, -0.05) is 25.0 Å². The smallest absolute Gasteiger partial charge is 0.408 e. The quantitative estimate of drug-likeness (QED) is 0.136. The maximum atomic E-state index is 14.1. The number of nitrogens with zero attached hydrogens (tertiary/aromatic N) is 1. The fourth-order valence-electron chi connectivity index (χ4n) is 4.88. The third-order valence-corrected chi connectivity index (χ3v) is 10.2. The molecule has 0 saturated carbocycles. The number of ether oxygens (including phenoxy) is 1. The number of hydroxylamine groups is 1. The van der Waals surface area contributed by atoms with E-state index >= 15 is 0 Å². The monoisotopic (exact) mass is 610 g/mol. The molecule has 1 aromatic rings. The van der Waals surface area contributed by atoms with Gasteiger partial charge in [-0.3, -0.25) is 19.6 Å². The second-order valence-electron chi connectivity index (χ2n) is 11.4. The predicted octanol–water partition coefficient (Wildman–Crippen LogP) is 3.18. The Morgan fingerprint density at radius 2 is 1.73 bits per heavy atom. The number of carbonyl (C=O) groups excluding carboxylic acids is 4. The van der Waals surface area contributed by atoms with Gasteiger partial charge in [-0.25, -0.2) is 10.3 Å². The van der Waals surface area contributed by atoms with Crippen LogP contribution in [0.1, 0.15) is 64.9 Å². The van der Waals surface area contributed by atoms with Crippen LogP contribution in [0.4, 0.5) is 4.79 Å². The summed E-state index contributed by atoms with van der Waals surface area (Å²) in [6, 6.07) is 4.81. The van der Waals surface area contributed by atoms with E-state index in [4.69, 9.17) is 9.94 Å². The molecule has 11 nitrogen and oxygen atoms in total. The third-order valence-electron chi connectivity index (χ3n) is 6.81. The van der Waals surface area contributed by atoms with Crippen LogP contribution in [0.25, 0.3) is 0 Å². The lowest BCUT2D eigenvalue weighted by atomic mass is 10.0. The van der Waals surface area contributed by atoms with Gasteiger partial charge in [0.25, 0.3) is 0 Å². The van der Waals surface area contributed by atoms with Crippen molar-refractivity contribution in [1.82, 2.24) is 21.0 Å². The molecule has 228 valence electrons. The fraction of sp³-hybridized carbons (Fsp3) is 0.643. The van der Waals surface area contributed by atoms with E-state index in [9.17, 15) is 24.3 Å². The average molecular weight is 611 g/mol. The molecule has 0 aromatic heterocycles. The van der Waals surface area contributed by atoms with Gasteiger partial charge >= 0.3 is 6.09 Å². The summed E-state index contributed by atoms with van der Waals surface area (Å²) < 4.78 is 5.17. The van der Waals surface area contributed by atoms with E-state index in [-0.39, 0.29) is 34.5 Å². The highest BCUT2D eigenvalue weighted by Gasteiger charge is 2.52. The molecular formula is C28H42N4O7S2. The topological polar surface area (TPSA) is 157 Å². The van der Waals surface area contributed by atoms with Gasteiger partial charge in [0, 0.05) is 43.9 Å². The Kier molecular flexibility index (Phi) is 12.0. The van der Waals surface area contributed by atoms with Crippen molar-refractivity contribution in [2.24, 2.45) is 0 Å². The number of likely N-dealkylation sites (tertiary alicyclic amines) is 1. The first kappa shape index (κ1) is 32.9. The average Bonchev–Trinajstić information content (AvgIpc) is 3.53. The van der Waals surface area contributed by atoms with Gasteiger partial charge < -0.3 is 25.4 Å². The van der Waals surface area contributed by atoms with Crippen molar-refractivity contribution >= 4 is 47.3 Å². The Hall–Kier alpha value is -2.64. The van der Waals surface area contributed by atoms with Crippen LogP contribution in [-0.4, -0.2) is 85.4 Å². The number of rotatable bonds is 12. The van der Waals surface area contributed by atoms with Crippen LogP contribution in [0.2, 0.25) is 0 Å². The van der Waals surface area contributed by atoms with Crippen molar-refractivity contribution in [2.45, 2.75) is 87.5 Å². The van der Waals surface area contributed by atoms with Gasteiger partial charge in [-0.15, -0.1) is 23.5 Å². The van der Waals surface area contributed by atoms with Crippen LogP contribution in [0.3, 0.4) is 0 Å². The Morgan fingerprint density at radius 1 is 1.07 bits per heavy atom. The van der Waals surface area contributed by atoms with Gasteiger partial charge in [-0.2, -0.15) is 0 Å². The highest BCUT2D eigenvalue weighted by molar-refractivity contribution is 8.21. The van der Waals surface area contributed by atoms with E-state index in [1.165, 1.54) is 12.1 Å². The number of carbonyl (C=O) groups is 4. The van der Waals surface area contributed by atoms with E-state index in [0.717, 1.165) is 36.3 Å². The van der Waals surface area contributed by atoms with Crippen molar-refractivity contribution in [1.29, 1.82) is 0 Å². The molecule has 0 bridgehead atoms. The molecule has 1 aromatic carbocycles. The molecule has 2 atom stereocenters. The molecule has 0 radical (unpaired) electrons. The molecule has 2 saturated heterocycles. The number of hydrogen-bond acceptors (Lipinski definition) is 9.